The highest BCUT2D eigenvalue weighted by Crippen LogP contribution is 2.17. The monoisotopic (exact) mass is 279 g/mol. The van der Waals surface area contributed by atoms with Gasteiger partial charge < -0.3 is 15.0 Å². The zero-order valence-corrected chi connectivity index (χ0v) is 12.9. The van der Waals surface area contributed by atoms with Crippen LogP contribution in [0.3, 0.4) is 0 Å². The average Bonchev–Trinajstić information content (AvgIpc) is 2.44. The largest absolute Gasteiger partial charge is 0.385 e. The second kappa shape index (κ2) is 8.53. The smallest absolute Gasteiger partial charge is 0.257 e. The number of rotatable bonds is 8. The number of hydrogen-bond acceptors (Lipinski definition) is 4. The molecule has 0 aliphatic rings. The number of anilines is 1. The van der Waals surface area contributed by atoms with E-state index in [1.54, 1.807) is 11.1 Å². The topological polar surface area (TPSA) is 54.5 Å². The number of carbonyl (C=O) groups excluding carboxylic acids is 1. The van der Waals surface area contributed by atoms with Crippen molar-refractivity contribution in [1.82, 2.24) is 9.88 Å². The van der Waals surface area contributed by atoms with Gasteiger partial charge >= 0.3 is 0 Å². The Kier molecular flexibility index (Phi) is 7.01. The molecule has 5 nitrogen and oxygen atoms in total. The Morgan fingerprint density at radius 2 is 2.15 bits per heavy atom. The van der Waals surface area contributed by atoms with Gasteiger partial charge in [-0.1, -0.05) is 0 Å². The van der Waals surface area contributed by atoms with Crippen LogP contribution in [0.4, 0.5) is 5.69 Å². The lowest BCUT2D eigenvalue weighted by Crippen LogP contribution is -2.34. The third kappa shape index (κ3) is 4.49. The van der Waals surface area contributed by atoms with E-state index < -0.39 is 0 Å². The Morgan fingerprint density at radius 3 is 2.75 bits per heavy atom. The lowest BCUT2D eigenvalue weighted by Gasteiger charge is -2.22. The lowest BCUT2D eigenvalue weighted by atomic mass is 10.1. The molecule has 0 saturated heterocycles. The highest BCUT2D eigenvalue weighted by atomic mass is 16.5. The van der Waals surface area contributed by atoms with Gasteiger partial charge in [-0.3, -0.25) is 9.78 Å². The van der Waals surface area contributed by atoms with Crippen molar-refractivity contribution in [3.8, 4) is 0 Å². The Labute approximate surface area is 121 Å². The number of nitrogens with zero attached hydrogens (tertiary/aromatic N) is 2. The van der Waals surface area contributed by atoms with Gasteiger partial charge in [-0.25, -0.2) is 0 Å². The van der Waals surface area contributed by atoms with Crippen molar-refractivity contribution in [2.24, 2.45) is 0 Å². The number of carbonyl (C=O) groups is 1. The van der Waals surface area contributed by atoms with E-state index in [1.807, 2.05) is 33.8 Å². The molecule has 0 aromatic carbocycles. The number of aryl methyl sites for hydroxylation is 1. The normalized spacial score (nSPS) is 10.4. The summed E-state index contributed by atoms with van der Waals surface area (Å²) in [7, 11) is 0. The molecule has 0 fully saturated rings. The molecule has 1 rings (SSSR count). The summed E-state index contributed by atoms with van der Waals surface area (Å²) in [5.41, 5.74) is 2.37. The molecule has 0 radical (unpaired) electrons. The fourth-order valence-electron chi connectivity index (χ4n) is 1.96. The summed E-state index contributed by atoms with van der Waals surface area (Å²) in [6.45, 7) is 11.1. The first kappa shape index (κ1) is 16.4. The van der Waals surface area contributed by atoms with E-state index in [-0.39, 0.29) is 5.91 Å². The molecule has 0 saturated carbocycles. The molecular formula is C15H25N3O2. The molecule has 1 aromatic heterocycles. The van der Waals surface area contributed by atoms with E-state index in [1.165, 1.54) is 0 Å². The van der Waals surface area contributed by atoms with Crippen LogP contribution in [-0.2, 0) is 4.74 Å². The van der Waals surface area contributed by atoms with Crippen LogP contribution in [0, 0.1) is 6.92 Å². The van der Waals surface area contributed by atoms with Crippen LogP contribution in [0.1, 0.15) is 36.8 Å². The summed E-state index contributed by atoms with van der Waals surface area (Å²) in [5, 5.41) is 3.23. The third-order valence-corrected chi connectivity index (χ3v) is 3.02. The standard InChI is InChI=1S/C15H25N3O2/c1-5-16-14-10-12(4)17-11-13(14)15(19)18(6-2)8-9-20-7-3/h10-11H,5-9H2,1-4H3,(H,16,17). The summed E-state index contributed by atoms with van der Waals surface area (Å²) in [6.07, 6.45) is 1.65. The van der Waals surface area contributed by atoms with Gasteiger partial charge in [0.05, 0.1) is 17.9 Å². The second-order valence-electron chi connectivity index (χ2n) is 4.48. The van der Waals surface area contributed by atoms with E-state index >= 15 is 0 Å². The van der Waals surface area contributed by atoms with E-state index in [0.717, 1.165) is 17.9 Å². The number of aromatic nitrogens is 1. The van der Waals surface area contributed by atoms with Crippen LogP contribution >= 0.6 is 0 Å². The Bertz CT molecular complexity index is 435. The van der Waals surface area contributed by atoms with Gasteiger partial charge in [0.25, 0.3) is 5.91 Å². The van der Waals surface area contributed by atoms with Crippen molar-refractivity contribution in [1.29, 1.82) is 0 Å². The minimum absolute atomic E-state index is 0.00402. The van der Waals surface area contributed by atoms with Crippen molar-refractivity contribution in [2.45, 2.75) is 27.7 Å². The minimum atomic E-state index is -0.00402. The summed E-state index contributed by atoms with van der Waals surface area (Å²) >= 11 is 0. The Hall–Kier alpha value is -1.62. The molecular weight excluding hydrogens is 254 g/mol. The van der Waals surface area contributed by atoms with Crippen LogP contribution in [0.5, 0.6) is 0 Å². The maximum atomic E-state index is 12.6. The molecule has 20 heavy (non-hydrogen) atoms. The molecule has 0 aliphatic carbocycles. The molecule has 0 atom stereocenters. The van der Waals surface area contributed by atoms with E-state index in [9.17, 15) is 4.79 Å². The maximum Gasteiger partial charge on any atom is 0.257 e. The molecule has 1 heterocycles. The quantitative estimate of drug-likeness (QED) is 0.742. The molecule has 0 spiro atoms. The van der Waals surface area contributed by atoms with Crippen LogP contribution in [0.2, 0.25) is 0 Å². The molecule has 1 amide bonds. The predicted octanol–water partition coefficient (Wildman–Crippen LogP) is 2.32. The fourth-order valence-corrected chi connectivity index (χ4v) is 1.96. The van der Waals surface area contributed by atoms with E-state index in [0.29, 0.717) is 31.9 Å². The summed E-state index contributed by atoms with van der Waals surface area (Å²) < 4.78 is 5.32. The van der Waals surface area contributed by atoms with Crippen LogP contribution in [-0.4, -0.2) is 48.6 Å². The van der Waals surface area contributed by atoms with Gasteiger partial charge in [0, 0.05) is 38.1 Å². The fraction of sp³-hybridized carbons (Fsp3) is 0.600. The minimum Gasteiger partial charge on any atom is -0.385 e. The molecule has 1 N–H and O–H groups in total. The summed E-state index contributed by atoms with van der Waals surface area (Å²) in [6, 6.07) is 1.91. The Morgan fingerprint density at radius 1 is 1.40 bits per heavy atom. The number of pyridine rings is 1. The molecule has 5 heteroatoms. The molecule has 0 aliphatic heterocycles. The van der Waals surface area contributed by atoms with Gasteiger partial charge in [0.15, 0.2) is 0 Å². The maximum absolute atomic E-state index is 12.6. The summed E-state index contributed by atoms with van der Waals surface area (Å²) in [4.78, 5) is 18.6. The number of amides is 1. The van der Waals surface area contributed by atoms with Crippen molar-refractivity contribution >= 4 is 11.6 Å². The number of ether oxygens (including phenoxy) is 1. The van der Waals surface area contributed by atoms with Crippen LogP contribution in [0.25, 0.3) is 0 Å². The molecule has 1 aromatic rings. The van der Waals surface area contributed by atoms with Gasteiger partial charge in [-0.15, -0.1) is 0 Å². The van der Waals surface area contributed by atoms with Crippen molar-refractivity contribution in [3.63, 3.8) is 0 Å². The van der Waals surface area contributed by atoms with Crippen LogP contribution in [0.15, 0.2) is 12.3 Å². The van der Waals surface area contributed by atoms with Crippen molar-refractivity contribution in [3.05, 3.63) is 23.5 Å². The highest BCUT2D eigenvalue weighted by Gasteiger charge is 2.18. The first-order valence-electron chi connectivity index (χ1n) is 7.21. The summed E-state index contributed by atoms with van der Waals surface area (Å²) in [5.74, 6) is -0.00402. The lowest BCUT2D eigenvalue weighted by molar-refractivity contribution is 0.0669. The van der Waals surface area contributed by atoms with Gasteiger partial charge in [-0.05, 0) is 33.8 Å². The number of likely N-dealkylation sites (N-methyl/N-ethyl adjacent to an activating group) is 1. The van der Waals surface area contributed by atoms with Crippen molar-refractivity contribution in [2.75, 3.05) is 38.2 Å². The van der Waals surface area contributed by atoms with Gasteiger partial charge in [0.2, 0.25) is 0 Å². The van der Waals surface area contributed by atoms with Crippen molar-refractivity contribution < 1.29 is 9.53 Å². The zero-order chi connectivity index (χ0) is 15.0. The zero-order valence-electron chi connectivity index (χ0n) is 12.9. The third-order valence-electron chi connectivity index (χ3n) is 3.02. The molecule has 0 bridgehead atoms. The van der Waals surface area contributed by atoms with Crippen LogP contribution < -0.4 is 5.32 Å². The predicted molar refractivity (Wildman–Crippen MR) is 81.2 cm³/mol. The second-order valence-corrected chi connectivity index (χ2v) is 4.48. The number of nitrogens with one attached hydrogen (secondary N) is 1. The van der Waals surface area contributed by atoms with E-state index in [2.05, 4.69) is 10.3 Å². The first-order valence-corrected chi connectivity index (χ1v) is 7.21. The molecule has 112 valence electrons. The highest BCUT2D eigenvalue weighted by molar-refractivity contribution is 5.99. The average molecular weight is 279 g/mol. The first-order chi connectivity index (χ1) is 9.63. The Balaban J connectivity index is 2.88. The van der Waals surface area contributed by atoms with Gasteiger partial charge in [-0.2, -0.15) is 0 Å². The van der Waals surface area contributed by atoms with E-state index in [4.69, 9.17) is 4.74 Å². The van der Waals surface area contributed by atoms with Gasteiger partial charge in [0.1, 0.15) is 0 Å². The SMILES string of the molecule is CCNc1cc(C)ncc1C(=O)N(CC)CCOCC. The number of hydrogen-bond donors (Lipinski definition) is 1. The molecule has 0 unspecified atom stereocenters.